The van der Waals surface area contributed by atoms with Crippen molar-refractivity contribution in [2.45, 2.75) is 84.8 Å². The monoisotopic (exact) mass is 317 g/mol. The molecule has 0 saturated heterocycles. The summed E-state index contributed by atoms with van der Waals surface area (Å²) in [5, 5.41) is 0. The van der Waals surface area contributed by atoms with E-state index in [-0.39, 0.29) is 0 Å². The topological polar surface area (TPSA) is 12.5 Å². The van der Waals surface area contributed by atoms with Crippen LogP contribution in [0.2, 0.25) is 0 Å². The molecule has 1 aromatic rings. The van der Waals surface area contributed by atoms with Crippen LogP contribution in [0.4, 0.5) is 0 Å². The second-order valence-electron chi connectivity index (χ2n) is 7.11. The molecule has 0 amide bonds. The molecule has 1 saturated carbocycles. The van der Waals surface area contributed by atoms with E-state index >= 15 is 0 Å². The molecule has 0 heterocycles. The standard InChI is InChI=1S/C21H35NO/c1-5-14-22(15-6-2)18(4)19-12-13-21(17(3)16-19)23-20-10-8-7-9-11-20/h12-13,16,18,20H,5-11,14-15H2,1-4H3. The SMILES string of the molecule is CCCN(CCC)C(C)c1ccc(OC2CCCCC2)c(C)c1. The van der Waals surface area contributed by atoms with Crippen LogP contribution in [0.3, 0.4) is 0 Å². The first-order valence-electron chi connectivity index (χ1n) is 9.67. The van der Waals surface area contributed by atoms with Crippen LogP contribution in [0, 0.1) is 6.92 Å². The Bertz CT molecular complexity index is 459. The van der Waals surface area contributed by atoms with Gasteiger partial charge in [-0.15, -0.1) is 0 Å². The van der Waals surface area contributed by atoms with Crippen molar-refractivity contribution in [3.8, 4) is 5.75 Å². The Balaban J connectivity index is 2.04. The van der Waals surface area contributed by atoms with Gasteiger partial charge in [0.2, 0.25) is 0 Å². The number of ether oxygens (including phenoxy) is 1. The molecule has 23 heavy (non-hydrogen) atoms. The van der Waals surface area contributed by atoms with Gasteiger partial charge >= 0.3 is 0 Å². The van der Waals surface area contributed by atoms with Gasteiger partial charge in [-0.2, -0.15) is 0 Å². The summed E-state index contributed by atoms with van der Waals surface area (Å²) in [4.78, 5) is 2.59. The van der Waals surface area contributed by atoms with Gasteiger partial charge in [-0.1, -0.05) is 32.4 Å². The van der Waals surface area contributed by atoms with E-state index in [1.165, 1.54) is 69.2 Å². The van der Waals surface area contributed by atoms with Crippen molar-refractivity contribution in [3.05, 3.63) is 29.3 Å². The molecule has 1 fully saturated rings. The maximum atomic E-state index is 6.26. The van der Waals surface area contributed by atoms with Gasteiger partial charge in [-0.25, -0.2) is 0 Å². The highest BCUT2D eigenvalue weighted by molar-refractivity contribution is 5.37. The van der Waals surface area contributed by atoms with Crippen LogP contribution in [0.5, 0.6) is 5.75 Å². The molecule has 130 valence electrons. The third-order valence-corrected chi connectivity index (χ3v) is 5.10. The summed E-state index contributed by atoms with van der Waals surface area (Å²) in [5.41, 5.74) is 2.70. The largest absolute Gasteiger partial charge is 0.490 e. The lowest BCUT2D eigenvalue weighted by Crippen LogP contribution is -2.28. The first-order chi connectivity index (χ1) is 11.2. The predicted octanol–water partition coefficient (Wildman–Crippen LogP) is 5.89. The summed E-state index contributed by atoms with van der Waals surface area (Å²) in [6, 6.07) is 7.29. The number of nitrogens with zero attached hydrogens (tertiary/aromatic N) is 1. The quantitative estimate of drug-likeness (QED) is 0.593. The number of hydrogen-bond acceptors (Lipinski definition) is 2. The van der Waals surface area contributed by atoms with E-state index in [9.17, 15) is 0 Å². The second-order valence-corrected chi connectivity index (χ2v) is 7.11. The van der Waals surface area contributed by atoms with Crippen molar-refractivity contribution < 1.29 is 4.74 Å². The molecular formula is C21H35NO. The molecule has 2 rings (SSSR count). The van der Waals surface area contributed by atoms with Gasteiger partial charge in [0.25, 0.3) is 0 Å². The lowest BCUT2D eigenvalue weighted by molar-refractivity contribution is 0.154. The number of hydrogen-bond donors (Lipinski definition) is 0. The van der Waals surface area contributed by atoms with Crippen LogP contribution < -0.4 is 4.74 Å². The van der Waals surface area contributed by atoms with Crippen molar-refractivity contribution in [2.75, 3.05) is 13.1 Å². The molecule has 0 N–H and O–H groups in total. The Morgan fingerprint density at radius 3 is 2.30 bits per heavy atom. The molecule has 0 spiro atoms. The van der Waals surface area contributed by atoms with E-state index in [2.05, 4.69) is 50.8 Å². The van der Waals surface area contributed by atoms with Crippen LogP contribution in [0.25, 0.3) is 0 Å². The van der Waals surface area contributed by atoms with E-state index in [1.54, 1.807) is 0 Å². The summed E-state index contributed by atoms with van der Waals surface area (Å²) in [6.07, 6.45) is 9.32. The van der Waals surface area contributed by atoms with Crippen LogP contribution in [-0.4, -0.2) is 24.1 Å². The summed E-state index contributed by atoms with van der Waals surface area (Å²) in [6.45, 7) is 11.4. The minimum Gasteiger partial charge on any atom is -0.490 e. The van der Waals surface area contributed by atoms with E-state index in [0.29, 0.717) is 12.1 Å². The molecule has 0 aromatic heterocycles. The molecule has 0 bridgehead atoms. The van der Waals surface area contributed by atoms with Gasteiger partial charge in [0, 0.05) is 6.04 Å². The maximum Gasteiger partial charge on any atom is 0.122 e. The van der Waals surface area contributed by atoms with Gasteiger partial charge in [0.15, 0.2) is 0 Å². The van der Waals surface area contributed by atoms with Crippen molar-refractivity contribution >= 4 is 0 Å². The Labute approximate surface area is 143 Å². The lowest BCUT2D eigenvalue weighted by atomic mass is 9.97. The van der Waals surface area contributed by atoms with E-state index < -0.39 is 0 Å². The zero-order chi connectivity index (χ0) is 16.7. The number of benzene rings is 1. The Hall–Kier alpha value is -1.02. The molecular weight excluding hydrogens is 282 g/mol. The first kappa shape index (κ1) is 18.3. The second kappa shape index (κ2) is 9.32. The third kappa shape index (κ3) is 5.24. The highest BCUT2D eigenvalue weighted by Crippen LogP contribution is 2.29. The first-order valence-corrected chi connectivity index (χ1v) is 9.67. The van der Waals surface area contributed by atoms with E-state index in [0.717, 1.165) is 5.75 Å². The Morgan fingerprint density at radius 1 is 1.09 bits per heavy atom. The number of rotatable bonds is 8. The lowest BCUT2D eigenvalue weighted by Gasteiger charge is -2.29. The van der Waals surface area contributed by atoms with Gasteiger partial charge in [-0.05, 0) is 82.7 Å². The van der Waals surface area contributed by atoms with E-state index in [4.69, 9.17) is 4.74 Å². The minimum absolute atomic E-state index is 0.433. The molecule has 0 radical (unpaired) electrons. The highest BCUT2D eigenvalue weighted by Gasteiger charge is 2.18. The summed E-state index contributed by atoms with van der Waals surface area (Å²) >= 11 is 0. The molecule has 1 aliphatic carbocycles. The molecule has 2 heteroatoms. The Morgan fingerprint density at radius 2 is 1.74 bits per heavy atom. The molecule has 1 aromatic carbocycles. The van der Waals surface area contributed by atoms with Gasteiger partial charge < -0.3 is 4.74 Å². The fourth-order valence-corrected chi connectivity index (χ4v) is 3.71. The predicted molar refractivity (Wildman–Crippen MR) is 99.3 cm³/mol. The van der Waals surface area contributed by atoms with Gasteiger partial charge in [0.1, 0.15) is 5.75 Å². The Kier molecular flexibility index (Phi) is 7.42. The van der Waals surface area contributed by atoms with Crippen molar-refractivity contribution in [1.82, 2.24) is 4.90 Å². The molecule has 1 aliphatic rings. The summed E-state index contributed by atoms with van der Waals surface area (Å²) < 4.78 is 6.26. The van der Waals surface area contributed by atoms with Crippen LogP contribution in [-0.2, 0) is 0 Å². The summed E-state index contributed by atoms with van der Waals surface area (Å²) in [5.74, 6) is 1.09. The van der Waals surface area contributed by atoms with Gasteiger partial charge in [-0.3, -0.25) is 4.90 Å². The normalized spacial score (nSPS) is 17.4. The van der Waals surface area contributed by atoms with Gasteiger partial charge in [0.05, 0.1) is 6.10 Å². The van der Waals surface area contributed by atoms with E-state index in [1.807, 2.05) is 0 Å². The maximum absolute atomic E-state index is 6.26. The van der Waals surface area contributed by atoms with Crippen LogP contribution in [0.1, 0.15) is 82.9 Å². The highest BCUT2D eigenvalue weighted by atomic mass is 16.5. The van der Waals surface area contributed by atoms with Crippen molar-refractivity contribution in [3.63, 3.8) is 0 Å². The average molecular weight is 318 g/mol. The zero-order valence-corrected chi connectivity index (χ0v) is 15.6. The van der Waals surface area contributed by atoms with Crippen molar-refractivity contribution in [2.24, 2.45) is 0 Å². The molecule has 2 nitrogen and oxygen atoms in total. The molecule has 1 unspecified atom stereocenters. The summed E-state index contributed by atoms with van der Waals surface area (Å²) in [7, 11) is 0. The number of aryl methyl sites for hydroxylation is 1. The average Bonchev–Trinajstić information content (AvgIpc) is 2.57. The van der Waals surface area contributed by atoms with Crippen molar-refractivity contribution in [1.29, 1.82) is 0 Å². The van der Waals surface area contributed by atoms with Crippen LogP contribution >= 0.6 is 0 Å². The molecule has 1 atom stereocenters. The minimum atomic E-state index is 0.433. The molecule has 0 aliphatic heterocycles. The fraction of sp³-hybridized carbons (Fsp3) is 0.714. The third-order valence-electron chi connectivity index (χ3n) is 5.10. The smallest absolute Gasteiger partial charge is 0.122 e. The fourth-order valence-electron chi connectivity index (χ4n) is 3.71. The zero-order valence-electron chi connectivity index (χ0n) is 15.6. The van der Waals surface area contributed by atoms with Crippen LogP contribution in [0.15, 0.2) is 18.2 Å².